The molecule has 0 aliphatic heterocycles. The van der Waals surface area contributed by atoms with Gasteiger partial charge in [0.25, 0.3) is 5.91 Å². The zero-order chi connectivity index (χ0) is 13.0. The van der Waals surface area contributed by atoms with Crippen molar-refractivity contribution in [1.29, 1.82) is 0 Å². The average molecular weight is 249 g/mol. The van der Waals surface area contributed by atoms with Crippen LogP contribution in [0.4, 0.5) is 0 Å². The van der Waals surface area contributed by atoms with Gasteiger partial charge in [-0.15, -0.1) is 0 Å². The standard InChI is InChI=1S/C14H19NO3/c1-15(12-6-7-12)14(17)10-18-13-5-3-2-4-11(13)8-9-16/h2-5,12,16H,6-10H2,1H3. The number of carbonyl (C=O) groups excluding carboxylic acids is 1. The highest BCUT2D eigenvalue weighted by Gasteiger charge is 2.29. The largest absolute Gasteiger partial charge is 0.483 e. The molecular weight excluding hydrogens is 230 g/mol. The van der Waals surface area contributed by atoms with Gasteiger partial charge in [0.05, 0.1) is 0 Å². The minimum absolute atomic E-state index is 0.0105. The van der Waals surface area contributed by atoms with Crippen molar-refractivity contribution in [1.82, 2.24) is 4.90 Å². The lowest BCUT2D eigenvalue weighted by atomic mass is 10.1. The molecule has 1 N–H and O–H groups in total. The Hall–Kier alpha value is -1.55. The highest BCUT2D eigenvalue weighted by molar-refractivity contribution is 5.78. The molecule has 0 atom stereocenters. The van der Waals surface area contributed by atoms with Gasteiger partial charge in [0, 0.05) is 19.7 Å². The van der Waals surface area contributed by atoms with E-state index in [9.17, 15) is 4.79 Å². The van der Waals surface area contributed by atoms with Crippen molar-refractivity contribution in [2.45, 2.75) is 25.3 Å². The van der Waals surface area contributed by atoms with Crippen LogP contribution in [0, 0.1) is 0 Å². The summed E-state index contributed by atoms with van der Waals surface area (Å²) in [6, 6.07) is 7.91. The second kappa shape index (κ2) is 5.87. The van der Waals surface area contributed by atoms with E-state index in [1.54, 1.807) is 4.90 Å². The fourth-order valence-electron chi connectivity index (χ4n) is 1.88. The fourth-order valence-corrected chi connectivity index (χ4v) is 1.88. The Morgan fingerprint density at radius 2 is 2.17 bits per heavy atom. The van der Waals surface area contributed by atoms with Crippen LogP contribution in [0.25, 0.3) is 0 Å². The molecule has 0 bridgehead atoms. The van der Waals surface area contributed by atoms with Crippen LogP contribution < -0.4 is 4.74 Å². The Labute approximate surface area is 107 Å². The van der Waals surface area contributed by atoms with Crippen molar-refractivity contribution in [2.75, 3.05) is 20.3 Å². The zero-order valence-electron chi connectivity index (χ0n) is 10.6. The summed E-state index contributed by atoms with van der Waals surface area (Å²) in [5.74, 6) is 0.695. The van der Waals surface area contributed by atoms with Gasteiger partial charge >= 0.3 is 0 Å². The second-order valence-electron chi connectivity index (χ2n) is 4.61. The minimum atomic E-state index is 0.0105. The maximum Gasteiger partial charge on any atom is 0.260 e. The van der Waals surface area contributed by atoms with Gasteiger partial charge in [-0.3, -0.25) is 4.79 Å². The lowest BCUT2D eigenvalue weighted by molar-refractivity contribution is -0.132. The summed E-state index contributed by atoms with van der Waals surface area (Å²) in [7, 11) is 1.82. The normalized spacial score (nSPS) is 14.3. The minimum Gasteiger partial charge on any atom is -0.483 e. The van der Waals surface area contributed by atoms with Crippen LogP contribution in [0.2, 0.25) is 0 Å². The van der Waals surface area contributed by atoms with Gasteiger partial charge in [-0.25, -0.2) is 0 Å². The van der Waals surface area contributed by atoms with E-state index >= 15 is 0 Å². The lowest BCUT2D eigenvalue weighted by Crippen LogP contribution is -2.33. The van der Waals surface area contributed by atoms with Crippen LogP contribution >= 0.6 is 0 Å². The number of aliphatic hydroxyl groups is 1. The van der Waals surface area contributed by atoms with E-state index in [0.29, 0.717) is 18.2 Å². The number of amides is 1. The third-order valence-corrected chi connectivity index (χ3v) is 3.19. The average Bonchev–Trinajstić information content (AvgIpc) is 3.21. The number of para-hydroxylation sites is 1. The van der Waals surface area contributed by atoms with Crippen molar-refractivity contribution in [3.8, 4) is 5.75 Å². The van der Waals surface area contributed by atoms with E-state index in [1.807, 2.05) is 31.3 Å². The summed E-state index contributed by atoms with van der Waals surface area (Å²) >= 11 is 0. The van der Waals surface area contributed by atoms with Gasteiger partial charge in [0.15, 0.2) is 6.61 Å². The molecule has 1 fully saturated rings. The smallest absolute Gasteiger partial charge is 0.260 e. The molecule has 0 aromatic heterocycles. The first-order valence-corrected chi connectivity index (χ1v) is 6.29. The Bertz CT molecular complexity index is 415. The topological polar surface area (TPSA) is 49.8 Å². The monoisotopic (exact) mass is 249 g/mol. The number of likely N-dealkylation sites (N-methyl/N-ethyl adjacent to an activating group) is 1. The highest BCUT2D eigenvalue weighted by Crippen LogP contribution is 2.25. The molecule has 18 heavy (non-hydrogen) atoms. The van der Waals surface area contributed by atoms with Gasteiger partial charge in [0.2, 0.25) is 0 Å². The fraction of sp³-hybridized carbons (Fsp3) is 0.500. The van der Waals surface area contributed by atoms with Crippen molar-refractivity contribution in [3.63, 3.8) is 0 Å². The van der Waals surface area contributed by atoms with Crippen LogP contribution in [-0.4, -0.2) is 42.2 Å². The molecule has 1 aromatic carbocycles. The van der Waals surface area contributed by atoms with E-state index in [0.717, 1.165) is 18.4 Å². The Balaban J connectivity index is 1.90. The molecule has 4 nitrogen and oxygen atoms in total. The molecule has 98 valence electrons. The summed E-state index contributed by atoms with van der Waals surface area (Å²) in [5, 5.41) is 8.96. The predicted molar refractivity (Wildman–Crippen MR) is 68.5 cm³/mol. The number of hydrogen-bond donors (Lipinski definition) is 1. The summed E-state index contributed by atoms with van der Waals surface area (Å²) in [5.41, 5.74) is 0.932. The quantitative estimate of drug-likeness (QED) is 0.824. The Kier molecular flexibility index (Phi) is 4.20. The van der Waals surface area contributed by atoms with E-state index in [1.165, 1.54) is 0 Å². The molecule has 1 aromatic rings. The molecule has 1 amide bonds. The van der Waals surface area contributed by atoms with Gasteiger partial charge in [-0.1, -0.05) is 18.2 Å². The van der Waals surface area contributed by atoms with Crippen molar-refractivity contribution >= 4 is 5.91 Å². The number of hydrogen-bond acceptors (Lipinski definition) is 3. The van der Waals surface area contributed by atoms with E-state index < -0.39 is 0 Å². The van der Waals surface area contributed by atoms with Crippen LogP contribution in [0.1, 0.15) is 18.4 Å². The maximum atomic E-state index is 11.8. The first-order valence-electron chi connectivity index (χ1n) is 6.29. The lowest BCUT2D eigenvalue weighted by Gasteiger charge is -2.17. The van der Waals surface area contributed by atoms with E-state index in [2.05, 4.69) is 0 Å². The van der Waals surface area contributed by atoms with Crippen LogP contribution in [0.3, 0.4) is 0 Å². The first-order chi connectivity index (χ1) is 8.72. The Morgan fingerprint density at radius 3 is 2.83 bits per heavy atom. The number of benzene rings is 1. The van der Waals surface area contributed by atoms with Gasteiger partial charge in [0.1, 0.15) is 5.75 Å². The molecule has 0 spiro atoms. The molecule has 4 heteroatoms. The molecule has 0 unspecified atom stereocenters. The molecule has 2 rings (SSSR count). The summed E-state index contributed by atoms with van der Waals surface area (Å²) in [4.78, 5) is 13.6. The molecule has 1 aliphatic carbocycles. The van der Waals surface area contributed by atoms with E-state index in [4.69, 9.17) is 9.84 Å². The molecule has 0 heterocycles. The predicted octanol–water partition coefficient (Wildman–Crippen LogP) is 1.22. The number of aliphatic hydroxyl groups excluding tert-OH is 1. The maximum absolute atomic E-state index is 11.8. The highest BCUT2D eigenvalue weighted by atomic mass is 16.5. The molecular formula is C14H19NO3. The molecule has 0 radical (unpaired) electrons. The van der Waals surface area contributed by atoms with Crippen LogP contribution in [-0.2, 0) is 11.2 Å². The van der Waals surface area contributed by atoms with Gasteiger partial charge in [-0.2, -0.15) is 0 Å². The third-order valence-electron chi connectivity index (χ3n) is 3.19. The number of ether oxygens (including phenoxy) is 1. The van der Waals surface area contributed by atoms with Crippen molar-refractivity contribution < 1.29 is 14.6 Å². The van der Waals surface area contributed by atoms with Gasteiger partial charge < -0.3 is 14.7 Å². The summed E-state index contributed by atoms with van der Waals surface area (Å²) in [6.07, 6.45) is 2.75. The Morgan fingerprint density at radius 1 is 1.44 bits per heavy atom. The number of carbonyl (C=O) groups is 1. The van der Waals surface area contributed by atoms with Gasteiger partial charge in [-0.05, 0) is 30.9 Å². The van der Waals surface area contributed by atoms with Crippen molar-refractivity contribution in [3.05, 3.63) is 29.8 Å². The van der Waals surface area contributed by atoms with Crippen molar-refractivity contribution in [2.24, 2.45) is 0 Å². The zero-order valence-corrected chi connectivity index (χ0v) is 10.6. The summed E-state index contributed by atoms with van der Waals surface area (Å²) in [6.45, 7) is 0.145. The first kappa shape index (κ1) is 12.9. The summed E-state index contributed by atoms with van der Waals surface area (Å²) < 4.78 is 5.55. The van der Waals surface area contributed by atoms with Crippen LogP contribution in [0.5, 0.6) is 5.75 Å². The SMILES string of the molecule is CN(C(=O)COc1ccccc1CCO)C1CC1. The second-order valence-corrected chi connectivity index (χ2v) is 4.61. The van der Waals surface area contributed by atoms with E-state index in [-0.39, 0.29) is 19.1 Å². The number of nitrogens with zero attached hydrogens (tertiary/aromatic N) is 1. The number of rotatable bonds is 6. The van der Waals surface area contributed by atoms with Crippen LogP contribution in [0.15, 0.2) is 24.3 Å². The third kappa shape index (κ3) is 3.23. The molecule has 1 aliphatic rings. The molecule has 1 saturated carbocycles. The molecule has 0 saturated heterocycles.